The van der Waals surface area contributed by atoms with E-state index in [4.69, 9.17) is 5.73 Å². The quantitative estimate of drug-likeness (QED) is 0.831. The zero-order valence-electron chi connectivity index (χ0n) is 12.4. The second-order valence-electron chi connectivity index (χ2n) is 5.02. The Hall–Kier alpha value is -1.37. The van der Waals surface area contributed by atoms with Crippen molar-refractivity contribution >= 4 is 27.0 Å². The van der Waals surface area contributed by atoms with Crippen LogP contribution < -0.4 is 10.5 Å². The molecule has 0 aliphatic carbocycles. The Kier molecular flexibility index (Phi) is 4.70. The Morgan fingerprint density at radius 2 is 1.86 bits per heavy atom. The molecule has 0 unspecified atom stereocenters. The SMILES string of the molecule is CCc1ccc(CNS(=O)(=O)c2cc(C)cc(N)c2C)s1. The summed E-state index contributed by atoms with van der Waals surface area (Å²) in [6, 6.07) is 7.43. The van der Waals surface area contributed by atoms with Gasteiger partial charge in [0.1, 0.15) is 0 Å². The van der Waals surface area contributed by atoms with E-state index in [1.54, 1.807) is 30.4 Å². The molecule has 0 amide bonds. The van der Waals surface area contributed by atoms with E-state index in [1.807, 2.05) is 19.1 Å². The van der Waals surface area contributed by atoms with Crippen molar-refractivity contribution < 1.29 is 8.42 Å². The van der Waals surface area contributed by atoms with Gasteiger partial charge in [0.05, 0.1) is 4.90 Å². The minimum atomic E-state index is -3.55. The van der Waals surface area contributed by atoms with Crippen LogP contribution in [0.2, 0.25) is 0 Å². The molecule has 4 nitrogen and oxygen atoms in total. The maximum atomic E-state index is 12.4. The molecule has 1 heterocycles. The molecule has 2 rings (SSSR count). The lowest BCUT2D eigenvalue weighted by Crippen LogP contribution is -2.24. The lowest BCUT2D eigenvalue weighted by atomic mass is 10.1. The van der Waals surface area contributed by atoms with Gasteiger partial charge in [-0.25, -0.2) is 13.1 Å². The number of hydrogen-bond donors (Lipinski definition) is 2. The molecule has 0 spiro atoms. The van der Waals surface area contributed by atoms with Crippen molar-refractivity contribution in [3.05, 3.63) is 45.1 Å². The number of rotatable bonds is 5. The number of hydrogen-bond acceptors (Lipinski definition) is 4. The highest BCUT2D eigenvalue weighted by molar-refractivity contribution is 7.89. The molecule has 0 saturated heterocycles. The smallest absolute Gasteiger partial charge is 0.241 e. The molecule has 6 heteroatoms. The van der Waals surface area contributed by atoms with Crippen LogP contribution >= 0.6 is 11.3 Å². The fourth-order valence-electron chi connectivity index (χ4n) is 2.08. The average Bonchev–Trinajstić information content (AvgIpc) is 2.88. The van der Waals surface area contributed by atoms with Gasteiger partial charge in [0.15, 0.2) is 0 Å². The van der Waals surface area contributed by atoms with Gasteiger partial charge in [-0.3, -0.25) is 0 Å². The van der Waals surface area contributed by atoms with Crippen LogP contribution in [0.4, 0.5) is 5.69 Å². The molecule has 2 aromatic rings. The van der Waals surface area contributed by atoms with Crippen LogP contribution in [-0.4, -0.2) is 8.42 Å². The average molecular weight is 324 g/mol. The van der Waals surface area contributed by atoms with E-state index in [9.17, 15) is 8.42 Å². The van der Waals surface area contributed by atoms with Crippen molar-refractivity contribution in [2.45, 2.75) is 38.6 Å². The molecule has 1 aromatic heterocycles. The highest BCUT2D eigenvalue weighted by atomic mass is 32.2. The second kappa shape index (κ2) is 6.17. The van der Waals surface area contributed by atoms with Crippen molar-refractivity contribution in [2.75, 3.05) is 5.73 Å². The lowest BCUT2D eigenvalue weighted by molar-refractivity contribution is 0.581. The highest BCUT2D eigenvalue weighted by Crippen LogP contribution is 2.23. The third-order valence-corrected chi connectivity index (χ3v) is 6.09. The van der Waals surface area contributed by atoms with E-state index in [2.05, 4.69) is 11.6 Å². The monoisotopic (exact) mass is 324 g/mol. The summed E-state index contributed by atoms with van der Waals surface area (Å²) < 4.78 is 27.5. The van der Waals surface area contributed by atoms with Crippen molar-refractivity contribution in [2.24, 2.45) is 0 Å². The predicted molar refractivity (Wildman–Crippen MR) is 88.1 cm³/mol. The van der Waals surface area contributed by atoms with Gasteiger partial charge in [0.25, 0.3) is 0 Å². The van der Waals surface area contributed by atoms with Gasteiger partial charge in [0.2, 0.25) is 10.0 Å². The Morgan fingerprint density at radius 3 is 2.48 bits per heavy atom. The van der Waals surface area contributed by atoms with Crippen LogP contribution in [0.5, 0.6) is 0 Å². The molecule has 0 radical (unpaired) electrons. The lowest BCUT2D eigenvalue weighted by Gasteiger charge is -2.11. The maximum Gasteiger partial charge on any atom is 0.241 e. The van der Waals surface area contributed by atoms with Crippen molar-refractivity contribution in [3.63, 3.8) is 0 Å². The van der Waals surface area contributed by atoms with Crippen molar-refractivity contribution in [1.29, 1.82) is 0 Å². The van der Waals surface area contributed by atoms with Crippen LogP contribution in [-0.2, 0) is 23.0 Å². The van der Waals surface area contributed by atoms with Crippen LogP contribution in [0, 0.1) is 13.8 Å². The Bertz CT molecular complexity index is 749. The summed E-state index contributed by atoms with van der Waals surface area (Å²) in [7, 11) is -3.55. The minimum Gasteiger partial charge on any atom is -0.398 e. The number of sulfonamides is 1. The number of nitrogen functional groups attached to an aromatic ring is 1. The summed E-state index contributed by atoms with van der Waals surface area (Å²) in [6.07, 6.45) is 0.963. The summed E-state index contributed by atoms with van der Waals surface area (Å²) in [5, 5.41) is 0. The van der Waals surface area contributed by atoms with E-state index in [0.29, 0.717) is 17.8 Å². The summed E-state index contributed by atoms with van der Waals surface area (Å²) >= 11 is 1.63. The Balaban J connectivity index is 2.22. The molecule has 114 valence electrons. The van der Waals surface area contributed by atoms with Gasteiger partial charge in [-0.15, -0.1) is 11.3 Å². The fourth-order valence-corrected chi connectivity index (χ4v) is 4.43. The Labute approximate surface area is 130 Å². The first-order chi connectivity index (χ1) is 9.83. The molecule has 0 aliphatic heterocycles. The van der Waals surface area contributed by atoms with Crippen LogP contribution in [0.1, 0.15) is 27.8 Å². The number of anilines is 1. The zero-order valence-corrected chi connectivity index (χ0v) is 14.1. The molecule has 0 aliphatic rings. The number of nitrogens with two attached hydrogens (primary N) is 1. The summed E-state index contributed by atoms with van der Waals surface area (Å²) in [5.74, 6) is 0. The standard InChI is InChI=1S/C15H20N2O2S2/c1-4-12-5-6-13(20-12)9-17-21(18,19)15-8-10(2)7-14(16)11(15)3/h5-8,17H,4,9,16H2,1-3H3. The van der Waals surface area contributed by atoms with Crippen LogP contribution in [0.3, 0.4) is 0 Å². The molecule has 0 bridgehead atoms. The van der Waals surface area contributed by atoms with E-state index < -0.39 is 10.0 Å². The molecule has 21 heavy (non-hydrogen) atoms. The highest BCUT2D eigenvalue weighted by Gasteiger charge is 2.18. The molecular formula is C15H20N2O2S2. The zero-order chi connectivity index (χ0) is 15.6. The number of nitrogens with one attached hydrogen (secondary N) is 1. The minimum absolute atomic E-state index is 0.257. The van der Waals surface area contributed by atoms with Crippen molar-refractivity contribution in [3.8, 4) is 0 Å². The number of benzene rings is 1. The summed E-state index contributed by atoms with van der Waals surface area (Å²) in [6.45, 7) is 5.95. The summed E-state index contributed by atoms with van der Waals surface area (Å²) in [4.78, 5) is 2.51. The second-order valence-corrected chi connectivity index (χ2v) is 8.01. The van der Waals surface area contributed by atoms with Gasteiger partial charge in [0, 0.05) is 22.0 Å². The number of thiophene rings is 1. The number of aryl methyl sites for hydroxylation is 2. The maximum absolute atomic E-state index is 12.4. The first kappa shape index (κ1) is 16.0. The third kappa shape index (κ3) is 3.64. The first-order valence-electron chi connectivity index (χ1n) is 6.77. The molecular weight excluding hydrogens is 304 g/mol. The first-order valence-corrected chi connectivity index (χ1v) is 9.07. The van der Waals surface area contributed by atoms with Crippen LogP contribution in [0.15, 0.2) is 29.2 Å². The van der Waals surface area contributed by atoms with E-state index >= 15 is 0 Å². The van der Waals surface area contributed by atoms with Gasteiger partial charge in [-0.2, -0.15) is 0 Å². The summed E-state index contributed by atoms with van der Waals surface area (Å²) in [5.41, 5.74) is 7.78. The normalized spacial score (nSPS) is 11.8. The van der Waals surface area contributed by atoms with E-state index in [-0.39, 0.29) is 4.90 Å². The topological polar surface area (TPSA) is 72.2 Å². The molecule has 0 saturated carbocycles. The Morgan fingerprint density at radius 1 is 1.19 bits per heavy atom. The molecule has 0 atom stereocenters. The van der Waals surface area contributed by atoms with E-state index in [0.717, 1.165) is 16.9 Å². The van der Waals surface area contributed by atoms with Gasteiger partial charge in [-0.05, 0) is 55.7 Å². The largest absolute Gasteiger partial charge is 0.398 e. The fraction of sp³-hybridized carbons (Fsp3) is 0.333. The van der Waals surface area contributed by atoms with Gasteiger partial charge < -0.3 is 5.73 Å². The van der Waals surface area contributed by atoms with Crippen LogP contribution in [0.25, 0.3) is 0 Å². The third-order valence-electron chi connectivity index (χ3n) is 3.34. The molecule has 3 N–H and O–H groups in total. The van der Waals surface area contributed by atoms with Gasteiger partial charge in [-0.1, -0.05) is 6.92 Å². The predicted octanol–water partition coefficient (Wildman–Crippen LogP) is 2.99. The van der Waals surface area contributed by atoms with Crippen molar-refractivity contribution in [1.82, 2.24) is 4.72 Å². The van der Waals surface area contributed by atoms with E-state index in [1.165, 1.54) is 4.88 Å². The molecule has 1 aromatic carbocycles. The van der Waals surface area contributed by atoms with Gasteiger partial charge >= 0.3 is 0 Å². The molecule has 0 fully saturated rings.